The number of ether oxygens (including phenoxy) is 1. The molecule has 1 saturated heterocycles. The molecule has 0 radical (unpaired) electrons. The van der Waals surface area contributed by atoms with Crippen molar-refractivity contribution in [3.8, 4) is 0 Å². The van der Waals surface area contributed by atoms with E-state index in [1.807, 2.05) is 74.5 Å². The molecule has 0 aromatic heterocycles. The van der Waals surface area contributed by atoms with Crippen LogP contribution in [0.3, 0.4) is 0 Å². The summed E-state index contributed by atoms with van der Waals surface area (Å²) in [7, 11) is -1.43. The van der Waals surface area contributed by atoms with Gasteiger partial charge in [-0.15, -0.1) is 0 Å². The van der Waals surface area contributed by atoms with Crippen LogP contribution in [0.25, 0.3) is 0 Å². The fourth-order valence-electron chi connectivity index (χ4n) is 3.71. The summed E-state index contributed by atoms with van der Waals surface area (Å²) >= 11 is 0. The maximum Gasteiger partial charge on any atom is 0.408 e. The Morgan fingerprint density at radius 1 is 1.06 bits per heavy atom. The zero-order valence-corrected chi connectivity index (χ0v) is 19.8. The Labute approximate surface area is 197 Å². The van der Waals surface area contributed by atoms with E-state index in [0.29, 0.717) is 6.42 Å². The predicted octanol–water partition coefficient (Wildman–Crippen LogP) is 3.06. The van der Waals surface area contributed by atoms with Gasteiger partial charge in [-0.05, 0) is 23.5 Å². The lowest BCUT2D eigenvalue weighted by Gasteiger charge is -2.25. The molecule has 2 amide bonds. The second-order valence-electron chi connectivity index (χ2n) is 8.57. The number of Topliss-reactive ketones (excluding diaryl/α,β-unsaturated/α-hetero) is 1. The molecular weight excluding hydrogens is 440 g/mol. The minimum absolute atomic E-state index is 0.0897. The van der Waals surface area contributed by atoms with Crippen molar-refractivity contribution < 1.29 is 23.3 Å². The van der Waals surface area contributed by atoms with Crippen molar-refractivity contribution in [2.24, 2.45) is 5.92 Å². The lowest BCUT2D eigenvalue weighted by atomic mass is 10.0. The van der Waals surface area contributed by atoms with Gasteiger partial charge in [0.05, 0.1) is 6.54 Å². The molecule has 0 bridgehead atoms. The minimum atomic E-state index is -1.43. The lowest BCUT2D eigenvalue weighted by molar-refractivity contribution is -0.134. The number of benzene rings is 2. The highest BCUT2D eigenvalue weighted by Crippen LogP contribution is 2.18. The summed E-state index contributed by atoms with van der Waals surface area (Å²) in [5.41, 5.74) is 1.72. The number of alkyl carbamates (subject to hydrolysis) is 1. The van der Waals surface area contributed by atoms with Crippen LogP contribution < -0.4 is 5.32 Å². The molecule has 2 aromatic rings. The largest absolute Gasteiger partial charge is 0.445 e. The molecule has 0 aliphatic carbocycles. The number of rotatable bonds is 9. The predicted molar refractivity (Wildman–Crippen MR) is 127 cm³/mol. The first-order valence-electron chi connectivity index (χ1n) is 11.0. The molecule has 0 spiro atoms. The molecule has 2 aromatic carbocycles. The Bertz CT molecular complexity index is 981. The molecule has 1 aliphatic heterocycles. The molecule has 1 aliphatic rings. The summed E-state index contributed by atoms with van der Waals surface area (Å²) in [5.74, 6) is -0.172. The van der Waals surface area contributed by atoms with Gasteiger partial charge >= 0.3 is 6.09 Å². The number of nitrogens with one attached hydrogen (secondary N) is 1. The van der Waals surface area contributed by atoms with Crippen molar-refractivity contribution in [1.29, 1.82) is 0 Å². The van der Waals surface area contributed by atoms with E-state index in [2.05, 4.69) is 5.32 Å². The number of nitrogens with zero attached hydrogens (tertiary/aromatic N) is 1. The number of amides is 2. The highest BCUT2D eigenvalue weighted by molar-refractivity contribution is 7.85. The quantitative estimate of drug-likeness (QED) is 0.608. The summed E-state index contributed by atoms with van der Waals surface area (Å²) in [4.78, 5) is 39.5. The second kappa shape index (κ2) is 11.7. The van der Waals surface area contributed by atoms with Gasteiger partial charge in [0.25, 0.3) is 0 Å². The normalized spacial score (nSPS) is 17.6. The number of carbonyl (C=O) groups is 3. The van der Waals surface area contributed by atoms with Crippen LogP contribution in [-0.2, 0) is 37.5 Å². The fraction of sp³-hybridized carbons (Fsp3) is 0.400. The van der Waals surface area contributed by atoms with Crippen LogP contribution in [0.4, 0.5) is 4.79 Å². The summed E-state index contributed by atoms with van der Waals surface area (Å²) in [6.45, 7) is 3.98. The SMILES string of the molecule is CC(C)C[C@H](NC(=O)OCc1ccccc1)C(=O)N1CC(=O)C(S(=O)Cc2ccccc2)C1. The van der Waals surface area contributed by atoms with Gasteiger partial charge in [0, 0.05) is 23.1 Å². The van der Waals surface area contributed by atoms with Crippen LogP contribution >= 0.6 is 0 Å². The topological polar surface area (TPSA) is 92.8 Å². The monoisotopic (exact) mass is 470 g/mol. The second-order valence-corrected chi connectivity index (χ2v) is 10.2. The summed E-state index contributed by atoms with van der Waals surface area (Å²) in [6, 6.07) is 17.8. The third-order valence-corrected chi connectivity index (χ3v) is 7.05. The van der Waals surface area contributed by atoms with Crippen molar-refractivity contribution in [3.05, 3.63) is 71.8 Å². The minimum Gasteiger partial charge on any atom is -0.445 e. The van der Waals surface area contributed by atoms with E-state index >= 15 is 0 Å². The van der Waals surface area contributed by atoms with Gasteiger partial charge in [0.15, 0.2) is 5.78 Å². The van der Waals surface area contributed by atoms with E-state index in [4.69, 9.17) is 4.74 Å². The molecule has 3 rings (SSSR count). The molecule has 8 heteroatoms. The van der Waals surface area contributed by atoms with E-state index in [1.54, 1.807) is 0 Å². The maximum atomic E-state index is 13.2. The zero-order chi connectivity index (χ0) is 23.8. The van der Waals surface area contributed by atoms with Gasteiger partial charge in [-0.3, -0.25) is 13.8 Å². The molecule has 1 fully saturated rings. The van der Waals surface area contributed by atoms with Gasteiger partial charge in [-0.25, -0.2) is 4.79 Å². The Balaban J connectivity index is 1.59. The zero-order valence-electron chi connectivity index (χ0n) is 18.9. The average molecular weight is 471 g/mol. The summed E-state index contributed by atoms with van der Waals surface area (Å²) in [6.07, 6.45) is -0.283. The summed E-state index contributed by atoms with van der Waals surface area (Å²) in [5, 5.41) is 1.93. The van der Waals surface area contributed by atoms with Crippen molar-refractivity contribution in [2.75, 3.05) is 13.1 Å². The third-order valence-electron chi connectivity index (χ3n) is 5.38. The van der Waals surface area contributed by atoms with Crippen LogP contribution in [0.2, 0.25) is 0 Å². The first-order chi connectivity index (χ1) is 15.8. The first kappa shape index (κ1) is 24.6. The highest BCUT2D eigenvalue weighted by Gasteiger charge is 2.40. The van der Waals surface area contributed by atoms with E-state index in [9.17, 15) is 18.6 Å². The van der Waals surface area contributed by atoms with Crippen molar-refractivity contribution in [3.63, 3.8) is 0 Å². The number of carbonyl (C=O) groups excluding carboxylic acids is 3. The fourth-order valence-corrected chi connectivity index (χ4v) is 5.15. The van der Waals surface area contributed by atoms with Crippen molar-refractivity contribution in [1.82, 2.24) is 10.2 Å². The summed E-state index contributed by atoms with van der Waals surface area (Å²) < 4.78 is 18.1. The average Bonchev–Trinajstić information content (AvgIpc) is 3.19. The van der Waals surface area contributed by atoms with Gasteiger partial charge < -0.3 is 15.0 Å². The first-order valence-corrected chi connectivity index (χ1v) is 12.4. The number of likely N-dealkylation sites (tertiary alicyclic amines) is 1. The standard InChI is InChI=1S/C25H30N2O5S/c1-18(2)13-21(26-25(30)32-16-19-9-5-3-6-10-19)24(29)27-14-22(28)23(15-27)33(31)17-20-11-7-4-8-12-20/h3-12,18,21,23H,13-17H2,1-2H3,(H,26,30)/t21-,23?,33?/m0/s1. The lowest BCUT2D eigenvalue weighted by Crippen LogP contribution is -2.49. The smallest absolute Gasteiger partial charge is 0.408 e. The van der Waals surface area contributed by atoms with Crippen molar-refractivity contribution in [2.45, 2.75) is 43.9 Å². The third kappa shape index (κ3) is 7.25. The number of hydrogen-bond donors (Lipinski definition) is 1. The van der Waals surface area contributed by atoms with Gasteiger partial charge in [-0.2, -0.15) is 0 Å². The van der Waals surface area contributed by atoms with Crippen LogP contribution in [0, 0.1) is 5.92 Å². The van der Waals surface area contributed by atoms with E-state index < -0.39 is 28.2 Å². The van der Waals surface area contributed by atoms with Gasteiger partial charge in [0.2, 0.25) is 5.91 Å². The van der Waals surface area contributed by atoms with Crippen LogP contribution in [0.15, 0.2) is 60.7 Å². The van der Waals surface area contributed by atoms with Crippen LogP contribution in [0.5, 0.6) is 0 Å². The van der Waals surface area contributed by atoms with Crippen LogP contribution in [0.1, 0.15) is 31.4 Å². The van der Waals surface area contributed by atoms with E-state index in [0.717, 1.165) is 11.1 Å². The van der Waals surface area contributed by atoms with Gasteiger partial charge in [-0.1, -0.05) is 74.5 Å². The molecular formula is C25H30N2O5S. The Kier molecular flexibility index (Phi) is 8.77. The van der Waals surface area contributed by atoms with E-state index in [1.165, 1.54) is 4.90 Å². The molecule has 1 N–H and O–H groups in total. The molecule has 2 unspecified atom stereocenters. The Hall–Kier alpha value is -3.00. The van der Waals surface area contributed by atoms with E-state index in [-0.39, 0.29) is 43.1 Å². The number of hydrogen-bond acceptors (Lipinski definition) is 5. The number of ketones is 1. The molecule has 7 nitrogen and oxygen atoms in total. The molecule has 3 atom stereocenters. The Morgan fingerprint density at radius 3 is 2.27 bits per heavy atom. The molecule has 33 heavy (non-hydrogen) atoms. The van der Waals surface area contributed by atoms with Crippen molar-refractivity contribution >= 4 is 28.6 Å². The van der Waals surface area contributed by atoms with Gasteiger partial charge in [0.1, 0.15) is 17.9 Å². The maximum absolute atomic E-state index is 13.2. The highest BCUT2D eigenvalue weighted by atomic mass is 32.2. The Morgan fingerprint density at radius 2 is 1.67 bits per heavy atom. The van der Waals surface area contributed by atoms with Crippen LogP contribution in [-0.4, -0.2) is 51.3 Å². The molecule has 1 heterocycles. The molecule has 176 valence electrons. The molecule has 0 saturated carbocycles.